The number of carboxylic acids is 1. The number of aryl methyl sites for hydroxylation is 3. The first kappa shape index (κ1) is 13.1. The number of aromatic nitrogens is 3. The fraction of sp³-hybridized carbons (Fsp3) is 0.308. The van der Waals surface area contributed by atoms with Crippen LogP contribution in [0.3, 0.4) is 0 Å². The normalized spacial score (nSPS) is 10.5. The number of aromatic carboxylic acids is 1. The van der Waals surface area contributed by atoms with Crippen LogP contribution in [0.15, 0.2) is 18.3 Å². The van der Waals surface area contributed by atoms with E-state index in [1.54, 1.807) is 23.7 Å². The monoisotopic (exact) mass is 260 g/mol. The molecule has 2 aromatic rings. The molecule has 2 rings (SSSR count). The Morgan fingerprint density at radius 1 is 1.37 bits per heavy atom. The number of carboxylic acid groups (broad SMARTS) is 1. The molecule has 0 fully saturated rings. The van der Waals surface area contributed by atoms with E-state index in [9.17, 15) is 4.79 Å². The summed E-state index contributed by atoms with van der Waals surface area (Å²) in [4.78, 5) is 15.1. The Labute approximate surface area is 111 Å². The van der Waals surface area contributed by atoms with Gasteiger partial charge in [-0.25, -0.2) is 9.78 Å². The second-order valence-electron chi connectivity index (χ2n) is 4.40. The molecule has 19 heavy (non-hydrogen) atoms. The summed E-state index contributed by atoms with van der Waals surface area (Å²) in [6.07, 6.45) is 1.95. The van der Waals surface area contributed by atoms with Gasteiger partial charge >= 0.3 is 5.97 Å². The number of pyridine rings is 1. The van der Waals surface area contributed by atoms with Gasteiger partial charge in [0.25, 0.3) is 0 Å². The van der Waals surface area contributed by atoms with Gasteiger partial charge in [0, 0.05) is 25.4 Å². The summed E-state index contributed by atoms with van der Waals surface area (Å²) in [5.41, 5.74) is 2.78. The highest BCUT2D eigenvalue weighted by Crippen LogP contribution is 2.12. The van der Waals surface area contributed by atoms with Crippen LogP contribution in [-0.4, -0.2) is 25.8 Å². The smallest absolute Gasteiger partial charge is 0.337 e. The predicted molar refractivity (Wildman–Crippen MR) is 71.2 cm³/mol. The van der Waals surface area contributed by atoms with Gasteiger partial charge in [0.15, 0.2) is 0 Å². The number of hydrogen-bond acceptors (Lipinski definition) is 4. The molecule has 0 radical (unpaired) electrons. The van der Waals surface area contributed by atoms with Gasteiger partial charge in [-0.3, -0.25) is 4.68 Å². The molecule has 2 N–H and O–H groups in total. The minimum Gasteiger partial charge on any atom is -0.478 e. The van der Waals surface area contributed by atoms with Crippen molar-refractivity contribution in [3.63, 3.8) is 0 Å². The topological polar surface area (TPSA) is 80.0 Å². The second-order valence-corrected chi connectivity index (χ2v) is 4.40. The molecule has 0 saturated carbocycles. The molecule has 100 valence electrons. The molecule has 6 heteroatoms. The molecule has 0 spiro atoms. The van der Waals surface area contributed by atoms with Crippen molar-refractivity contribution >= 4 is 11.8 Å². The van der Waals surface area contributed by atoms with Crippen LogP contribution in [0, 0.1) is 13.8 Å². The van der Waals surface area contributed by atoms with E-state index in [0.717, 1.165) is 11.3 Å². The highest BCUT2D eigenvalue weighted by Gasteiger charge is 2.09. The Morgan fingerprint density at radius 3 is 2.63 bits per heavy atom. The number of carbonyl (C=O) groups is 1. The molecule has 0 atom stereocenters. The predicted octanol–water partition coefficient (Wildman–Crippen LogP) is 1.74. The first-order valence-electron chi connectivity index (χ1n) is 5.91. The van der Waals surface area contributed by atoms with Gasteiger partial charge in [-0.15, -0.1) is 0 Å². The fourth-order valence-corrected chi connectivity index (χ4v) is 1.89. The molecule has 0 bridgehead atoms. The molecule has 0 amide bonds. The molecule has 2 heterocycles. The van der Waals surface area contributed by atoms with Gasteiger partial charge < -0.3 is 10.4 Å². The minimum atomic E-state index is -0.959. The molecule has 0 aliphatic rings. The molecule has 2 aromatic heterocycles. The quantitative estimate of drug-likeness (QED) is 0.875. The zero-order valence-corrected chi connectivity index (χ0v) is 11.1. The summed E-state index contributed by atoms with van der Waals surface area (Å²) in [6, 6.07) is 3.23. The van der Waals surface area contributed by atoms with Crippen molar-refractivity contribution in [1.29, 1.82) is 0 Å². The molecule has 0 saturated heterocycles. The van der Waals surface area contributed by atoms with Crippen LogP contribution in [0.1, 0.15) is 27.3 Å². The van der Waals surface area contributed by atoms with E-state index in [2.05, 4.69) is 15.4 Å². The molecular formula is C13H16N4O2. The van der Waals surface area contributed by atoms with Crippen molar-refractivity contribution in [3.8, 4) is 0 Å². The van der Waals surface area contributed by atoms with Crippen LogP contribution in [0.4, 0.5) is 5.82 Å². The van der Waals surface area contributed by atoms with E-state index in [4.69, 9.17) is 5.11 Å². The number of nitrogens with zero attached hydrogens (tertiary/aromatic N) is 3. The number of rotatable bonds is 4. The fourth-order valence-electron chi connectivity index (χ4n) is 1.89. The lowest BCUT2D eigenvalue weighted by atomic mass is 10.2. The van der Waals surface area contributed by atoms with E-state index in [1.807, 2.05) is 20.2 Å². The standard InChI is InChI=1S/C13H16N4O2/c1-8-10(7-17(3)16-8)6-14-12-5-4-11(13(18)19)9(2)15-12/h4-5,7H,6H2,1-3H3,(H,14,15)(H,18,19). The third kappa shape index (κ3) is 2.90. The highest BCUT2D eigenvalue weighted by atomic mass is 16.4. The van der Waals surface area contributed by atoms with Crippen LogP contribution in [-0.2, 0) is 13.6 Å². The maximum absolute atomic E-state index is 10.9. The number of hydrogen-bond donors (Lipinski definition) is 2. The lowest BCUT2D eigenvalue weighted by Gasteiger charge is -2.07. The van der Waals surface area contributed by atoms with Gasteiger partial charge in [-0.2, -0.15) is 5.10 Å². The lowest BCUT2D eigenvalue weighted by molar-refractivity contribution is 0.0695. The molecular weight excluding hydrogens is 244 g/mol. The zero-order valence-electron chi connectivity index (χ0n) is 11.1. The van der Waals surface area contributed by atoms with Crippen molar-refractivity contribution in [2.75, 3.05) is 5.32 Å². The van der Waals surface area contributed by atoms with E-state index >= 15 is 0 Å². The van der Waals surface area contributed by atoms with Crippen LogP contribution >= 0.6 is 0 Å². The van der Waals surface area contributed by atoms with Crippen LogP contribution < -0.4 is 5.32 Å². The van der Waals surface area contributed by atoms with Gasteiger partial charge in [-0.05, 0) is 26.0 Å². The minimum absolute atomic E-state index is 0.225. The summed E-state index contributed by atoms with van der Waals surface area (Å²) >= 11 is 0. The van der Waals surface area contributed by atoms with Crippen LogP contribution in [0.2, 0.25) is 0 Å². The summed E-state index contributed by atoms with van der Waals surface area (Å²) in [5.74, 6) is -0.301. The van der Waals surface area contributed by atoms with Gasteiger partial charge in [-0.1, -0.05) is 0 Å². The first-order valence-corrected chi connectivity index (χ1v) is 5.91. The van der Waals surface area contributed by atoms with E-state index in [-0.39, 0.29) is 5.56 Å². The molecule has 6 nitrogen and oxygen atoms in total. The zero-order chi connectivity index (χ0) is 14.0. The van der Waals surface area contributed by atoms with E-state index in [0.29, 0.717) is 18.1 Å². The van der Waals surface area contributed by atoms with Crippen molar-refractivity contribution < 1.29 is 9.90 Å². The number of anilines is 1. The first-order chi connectivity index (χ1) is 8.97. The Kier molecular flexibility index (Phi) is 3.50. The largest absolute Gasteiger partial charge is 0.478 e. The molecule has 0 aromatic carbocycles. The van der Waals surface area contributed by atoms with Gasteiger partial charge in [0.2, 0.25) is 0 Å². The van der Waals surface area contributed by atoms with Gasteiger partial charge in [0.1, 0.15) is 5.82 Å². The highest BCUT2D eigenvalue weighted by molar-refractivity contribution is 5.89. The number of nitrogens with one attached hydrogen (secondary N) is 1. The maximum atomic E-state index is 10.9. The molecule has 0 aliphatic heterocycles. The van der Waals surface area contributed by atoms with Crippen molar-refractivity contribution in [1.82, 2.24) is 14.8 Å². The van der Waals surface area contributed by atoms with Crippen molar-refractivity contribution in [2.45, 2.75) is 20.4 Å². The molecule has 0 aliphatic carbocycles. The summed E-state index contributed by atoms with van der Waals surface area (Å²) in [6.45, 7) is 4.24. The third-order valence-corrected chi connectivity index (χ3v) is 2.89. The maximum Gasteiger partial charge on any atom is 0.337 e. The Hall–Kier alpha value is -2.37. The summed E-state index contributed by atoms with van der Waals surface area (Å²) < 4.78 is 1.76. The second kappa shape index (κ2) is 5.09. The summed E-state index contributed by atoms with van der Waals surface area (Å²) in [5, 5.41) is 16.4. The van der Waals surface area contributed by atoms with Crippen LogP contribution in [0.5, 0.6) is 0 Å². The average molecular weight is 260 g/mol. The van der Waals surface area contributed by atoms with Gasteiger partial charge in [0.05, 0.1) is 17.0 Å². The van der Waals surface area contributed by atoms with E-state index < -0.39 is 5.97 Å². The summed E-state index contributed by atoms with van der Waals surface area (Å²) in [7, 11) is 1.88. The average Bonchev–Trinajstić information content (AvgIpc) is 2.65. The van der Waals surface area contributed by atoms with Crippen LogP contribution in [0.25, 0.3) is 0 Å². The lowest BCUT2D eigenvalue weighted by Crippen LogP contribution is -2.06. The Bertz CT molecular complexity index is 619. The molecule has 0 unspecified atom stereocenters. The Balaban J connectivity index is 2.10. The van der Waals surface area contributed by atoms with Crippen molar-refractivity contribution in [2.24, 2.45) is 7.05 Å². The van der Waals surface area contributed by atoms with Crippen molar-refractivity contribution in [3.05, 3.63) is 40.8 Å². The Morgan fingerprint density at radius 2 is 2.11 bits per heavy atom. The SMILES string of the molecule is Cc1nn(C)cc1CNc1ccc(C(=O)O)c(C)n1. The van der Waals surface area contributed by atoms with E-state index in [1.165, 1.54) is 0 Å². The third-order valence-electron chi connectivity index (χ3n) is 2.89.